The lowest BCUT2D eigenvalue weighted by atomic mass is 9.94. The number of phosphoric ester groups is 1. The number of phosphoric acid groups is 1. The second-order valence-electron chi connectivity index (χ2n) is 18.4. The molecule has 1 aliphatic rings. The van der Waals surface area contributed by atoms with Gasteiger partial charge >= 0.3 is 19.5 Å². The summed E-state index contributed by atoms with van der Waals surface area (Å²) in [4.78, 5) is 26.5. The Morgan fingerprint density at radius 1 is 0.719 bits per heavy atom. The van der Waals surface area contributed by atoms with Gasteiger partial charge in [-0.15, -0.1) is 0 Å². The van der Waals surface area contributed by atoms with Crippen LogP contribution in [0.2, 0.25) is 0 Å². The standard InChI is InChI=1S/C50H90F2N3O8P/c1-4-6-7-8-9-10-11-12-15-21-26-31-39-60-64(59,62-42-45-41-50(51,52)48(63-45)55-38-37-46(53)54-49(55)58)61-40-32-27-22-16-13-14-19-24-29-35-44(33-5-2)43(3)34-28-23-18-17-20-25-30-36-47(56)57/h37-38,45,48H,4-36,39-42H2,1-3H3,(H,56,57)(H2,53,54,58)/b44-43-/t45-,48+,64?/m0/s1. The molecule has 64 heavy (non-hydrogen) atoms. The predicted octanol–water partition coefficient (Wildman–Crippen LogP) is 15.2. The minimum Gasteiger partial charge on any atom is -0.481 e. The highest BCUT2D eigenvalue weighted by Crippen LogP contribution is 2.51. The maximum Gasteiger partial charge on any atom is 0.474 e. The number of nitrogens with two attached hydrogens (primary N) is 1. The first-order valence-electron chi connectivity index (χ1n) is 25.7. The molecule has 1 aromatic rings. The lowest BCUT2D eigenvalue weighted by Gasteiger charge is -2.21. The predicted molar refractivity (Wildman–Crippen MR) is 256 cm³/mol. The van der Waals surface area contributed by atoms with Gasteiger partial charge in [-0.3, -0.25) is 22.9 Å². The van der Waals surface area contributed by atoms with Crippen molar-refractivity contribution in [3.05, 3.63) is 33.9 Å². The number of alkyl halides is 2. The van der Waals surface area contributed by atoms with E-state index in [1.807, 2.05) is 0 Å². The van der Waals surface area contributed by atoms with Gasteiger partial charge in [-0.05, 0) is 64.4 Å². The van der Waals surface area contributed by atoms with Crippen molar-refractivity contribution in [1.29, 1.82) is 0 Å². The molecule has 372 valence electrons. The molecule has 3 N–H and O–H groups in total. The minimum atomic E-state index is -4.05. The number of anilines is 1. The van der Waals surface area contributed by atoms with Crippen LogP contribution in [-0.4, -0.2) is 52.5 Å². The number of aromatic nitrogens is 2. The number of carboxylic acid groups (broad SMARTS) is 1. The molecule has 14 heteroatoms. The fourth-order valence-corrected chi connectivity index (χ4v) is 9.82. The molecule has 1 aliphatic heterocycles. The average molecular weight is 930 g/mol. The van der Waals surface area contributed by atoms with Gasteiger partial charge in [-0.2, -0.15) is 4.98 Å². The third-order valence-electron chi connectivity index (χ3n) is 12.4. The molecule has 3 atom stereocenters. The van der Waals surface area contributed by atoms with E-state index in [-0.39, 0.29) is 19.0 Å². The van der Waals surface area contributed by atoms with E-state index in [1.165, 1.54) is 141 Å². The Kier molecular flexibility index (Phi) is 32.5. The monoisotopic (exact) mass is 930 g/mol. The highest BCUT2D eigenvalue weighted by molar-refractivity contribution is 7.48. The van der Waals surface area contributed by atoms with Crippen molar-refractivity contribution in [3.63, 3.8) is 0 Å². The van der Waals surface area contributed by atoms with Gasteiger partial charge in [0.2, 0.25) is 6.23 Å². The average Bonchev–Trinajstić information content (AvgIpc) is 3.56. The Balaban J connectivity index is 1.68. The van der Waals surface area contributed by atoms with Crippen LogP contribution >= 0.6 is 7.82 Å². The number of rotatable bonds is 43. The molecule has 0 aliphatic carbocycles. The molecule has 0 saturated carbocycles. The van der Waals surface area contributed by atoms with Crippen molar-refractivity contribution < 1.29 is 41.6 Å². The van der Waals surface area contributed by atoms with Gasteiger partial charge in [-0.25, -0.2) is 18.1 Å². The number of hydrogen-bond donors (Lipinski definition) is 2. The number of carboxylic acids is 1. The Morgan fingerprint density at radius 2 is 1.17 bits per heavy atom. The summed E-state index contributed by atoms with van der Waals surface area (Å²) in [6.45, 7) is 6.76. The van der Waals surface area contributed by atoms with Crippen LogP contribution < -0.4 is 11.4 Å². The smallest absolute Gasteiger partial charge is 0.474 e. The van der Waals surface area contributed by atoms with E-state index >= 15 is 8.78 Å². The molecule has 0 spiro atoms. The van der Waals surface area contributed by atoms with Gasteiger partial charge in [0.15, 0.2) is 0 Å². The molecule has 0 radical (unpaired) electrons. The topological polar surface area (TPSA) is 152 Å². The minimum absolute atomic E-state index is 0.0770. The Labute approximate surface area is 386 Å². The second kappa shape index (κ2) is 35.9. The van der Waals surface area contributed by atoms with Crippen molar-refractivity contribution in [2.45, 2.75) is 257 Å². The van der Waals surface area contributed by atoms with Crippen LogP contribution in [0.15, 0.2) is 28.2 Å². The van der Waals surface area contributed by atoms with Crippen LogP contribution in [0.4, 0.5) is 14.6 Å². The SMILES string of the molecule is CCCCCCCCCCCCCCOP(=O)(OCCCCCCCCCCC/C(CCC)=C(/C)CCCCCCCCCC(=O)O)OC[C@@H]1CC(F)(F)[C@H](n2ccc(N)nc2=O)O1. The van der Waals surface area contributed by atoms with Crippen LogP contribution in [0.25, 0.3) is 0 Å². The molecular weight excluding hydrogens is 840 g/mol. The van der Waals surface area contributed by atoms with E-state index in [0.717, 1.165) is 64.0 Å². The number of ether oxygens (including phenoxy) is 1. The fourth-order valence-electron chi connectivity index (χ4n) is 8.55. The van der Waals surface area contributed by atoms with Crippen molar-refractivity contribution in [1.82, 2.24) is 9.55 Å². The van der Waals surface area contributed by atoms with Gasteiger partial charge < -0.3 is 15.6 Å². The number of nitrogens with zero attached hydrogens (tertiary/aromatic N) is 2. The first-order valence-corrected chi connectivity index (χ1v) is 27.2. The summed E-state index contributed by atoms with van der Waals surface area (Å²) >= 11 is 0. The van der Waals surface area contributed by atoms with E-state index < -0.39 is 50.8 Å². The van der Waals surface area contributed by atoms with Gasteiger partial charge in [0, 0.05) is 19.0 Å². The number of nitrogen functional groups attached to an aromatic ring is 1. The largest absolute Gasteiger partial charge is 0.481 e. The van der Waals surface area contributed by atoms with E-state index in [1.54, 1.807) is 11.1 Å². The first-order chi connectivity index (χ1) is 30.9. The maximum atomic E-state index is 15.0. The summed E-state index contributed by atoms with van der Waals surface area (Å²) in [6, 6.07) is 1.26. The lowest BCUT2D eigenvalue weighted by molar-refractivity contribution is -0.137. The summed E-state index contributed by atoms with van der Waals surface area (Å²) in [5.41, 5.74) is 7.85. The van der Waals surface area contributed by atoms with Gasteiger partial charge in [0.1, 0.15) is 5.82 Å². The quantitative estimate of drug-likeness (QED) is 0.0368. The van der Waals surface area contributed by atoms with E-state index in [4.69, 9.17) is 29.1 Å². The zero-order chi connectivity index (χ0) is 46.7. The molecule has 2 heterocycles. The van der Waals surface area contributed by atoms with E-state index in [9.17, 15) is 14.2 Å². The van der Waals surface area contributed by atoms with Crippen LogP contribution in [-0.2, 0) is 27.7 Å². The third-order valence-corrected chi connectivity index (χ3v) is 13.9. The molecule has 1 aromatic heterocycles. The second-order valence-corrected chi connectivity index (χ2v) is 20.0. The zero-order valence-electron chi connectivity index (χ0n) is 40.5. The first kappa shape index (κ1) is 57.9. The number of hydrogen-bond acceptors (Lipinski definition) is 9. The van der Waals surface area contributed by atoms with Gasteiger partial charge in [-0.1, -0.05) is 179 Å². The number of aliphatic carboxylic acids is 1. The maximum absolute atomic E-state index is 15.0. The van der Waals surface area contributed by atoms with Crippen LogP contribution in [0.1, 0.15) is 245 Å². The van der Waals surface area contributed by atoms with Crippen molar-refractivity contribution in [3.8, 4) is 0 Å². The van der Waals surface area contributed by atoms with Crippen LogP contribution in [0.5, 0.6) is 0 Å². The van der Waals surface area contributed by atoms with Gasteiger partial charge in [0.05, 0.1) is 25.9 Å². The normalized spacial score (nSPS) is 17.5. The number of unbranched alkanes of at least 4 members (excludes halogenated alkanes) is 25. The van der Waals surface area contributed by atoms with Crippen LogP contribution in [0.3, 0.4) is 0 Å². The summed E-state index contributed by atoms with van der Waals surface area (Å²) < 4.78 is 67.2. The highest BCUT2D eigenvalue weighted by Gasteiger charge is 2.52. The summed E-state index contributed by atoms with van der Waals surface area (Å²) in [5, 5.41) is 8.76. The summed E-state index contributed by atoms with van der Waals surface area (Å²) in [7, 11) is -4.05. The molecule has 1 saturated heterocycles. The number of allylic oxidation sites excluding steroid dienone is 2. The fraction of sp³-hybridized carbons (Fsp3) is 0.860. The number of carbonyl (C=O) groups is 1. The molecule has 2 rings (SSSR count). The molecule has 11 nitrogen and oxygen atoms in total. The molecule has 1 unspecified atom stereocenters. The third kappa shape index (κ3) is 27.5. The molecular formula is C50H90F2N3O8P. The van der Waals surface area contributed by atoms with E-state index in [0.29, 0.717) is 23.8 Å². The summed E-state index contributed by atoms with van der Waals surface area (Å²) in [6.07, 6.45) is 34.5. The lowest BCUT2D eigenvalue weighted by Crippen LogP contribution is -2.35. The molecule has 1 fully saturated rings. The van der Waals surface area contributed by atoms with Crippen molar-refractivity contribution >= 4 is 19.6 Å². The molecule has 0 aromatic carbocycles. The summed E-state index contributed by atoms with van der Waals surface area (Å²) in [5.74, 6) is -4.16. The molecule has 0 amide bonds. The highest BCUT2D eigenvalue weighted by atomic mass is 31.2. The Bertz CT molecular complexity index is 1490. The van der Waals surface area contributed by atoms with Crippen molar-refractivity contribution in [2.24, 2.45) is 0 Å². The van der Waals surface area contributed by atoms with Gasteiger partial charge in [0.25, 0.3) is 5.92 Å². The van der Waals surface area contributed by atoms with Crippen LogP contribution in [0, 0.1) is 0 Å². The van der Waals surface area contributed by atoms with E-state index in [2.05, 4.69) is 25.8 Å². The number of halogens is 2. The zero-order valence-corrected chi connectivity index (χ0v) is 41.3. The molecule has 0 bridgehead atoms. The Morgan fingerprint density at radius 3 is 1.64 bits per heavy atom. The van der Waals surface area contributed by atoms with Crippen molar-refractivity contribution in [2.75, 3.05) is 25.6 Å². The Hall–Kier alpha value is -2.18.